The van der Waals surface area contributed by atoms with Gasteiger partial charge in [-0.2, -0.15) is 0 Å². The number of halogens is 3. The minimum Gasteiger partial charge on any atom is -0.461 e. The largest absolute Gasteiger partial charge is 0.573 e. The van der Waals surface area contributed by atoms with Crippen molar-refractivity contribution in [1.29, 1.82) is 0 Å². The number of hydrogen-bond donors (Lipinski definition) is 1. The van der Waals surface area contributed by atoms with Gasteiger partial charge in [-0.15, -0.1) is 24.5 Å². The fraction of sp³-hybridized carbons (Fsp3) is 0.400. The standard InChI is InChI=1S/C30H34F3NO10S3/c1-46(38,39)14-11-42-28(36)24-17-21(7-4-10-35)18-26(27-9-5-13-45-27)34(20-25(24)29(37)43-12-15-47(2,40)41)19-22-6-3-8-23(16-22)44-30(31,32)33/h3,5-6,8-9,13,16-18,20,26,35H,4,7,10-12,14-15,19H2,1-2H3. The van der Waals surface area contributed by atoms with Crippen molar-refractivity contribution in [2.24, 2.45) is 0 Å². The smallest absolute Gasteiger partial charge is 0.461 e. The number of carbonyl (C=O) groups excluding carboxylic acids is 2. The first-order valence-electron chi connectivity index (χ1n) is 14.0. The molecular formula is C30H34F3NO10S3. The van der Waals surface area contributed by atoms with Crippen molar-refractivity contribution >= 4 is 42.9 Å². The van der Waals surface area contributed by atoms with Crippen LogP contribution < -0.4 is 4.74 Å². The van der Waals surface area contributed by atoms with E-state index in [4.69, 9.17) is 9.47 Å². The van der Waals surface area contributed by atoms with Crippen molar-refractivity contribution in [1.82, 2.24) is 4.90 Å². The summed E-state index contributed by atoms with van der Waals surface area (Å²) in [4.78, 5) is 29.3. The van der Waals surface area contributed by atoms with Gasteiger partial charge >= 0.3 is 18.3 Å². The van der Waals surface area contributed by atoms with Gasteiger partial charge in [0.15, 0.2) is 19.7 Å². The van der Waals surface area contributed by atoms with Gasteiger partial charge in [-0.3, -0.25) is 0 Å². The molecule has 0 radical (unpaired) electrons. The van der Waals surface area contributed by atoms with Gasteiger partial charge in [0, 0.05) is 36.7 Å². The van der Waals surface area contributed by atoms with E-state index in [0.29, 0.717) is 11.1 Å². The van der Waals surface area contributed by atoms with Gasteiger partial charge in [0.25, 0.3) is 0 Å². The number of aliphatic hydroxyl groups excluding tert-OH is 1. The summed E-state index contributed by atoms with van der Waals surface area (Å²) in [5, 5.41) is 11.4. The van der Waals surface area contributed by atoms with Crippen LogP contribution in [0.4, 0.5) is 13.2 Å². The molecule has 1 N–H and O–H groups in total. The van der Waals surface area contributed by atoms with Crippen LogP contribution in [-0.4, -0.2) is 89.0 Å². The second-order valence-corrected chi connectivity index (χ2v) is 16.0. The van der Waals surface area contributed by atoms with Crippen LogP contribution in [0.25, 0.3) is 0 Å². The Morgan fingerprint density at radius 2 is 1.60 bits per heavy atom. The highest BCUT2D eigenvalue weighted by Gasteiger charge is 2.32. The van der Waals surface area contributed by atoms with Gasteiger partial charge in [0.05, 0.1) is 28.7 Å². The van der Waals surface area contributed by atoms with Crippen LogP contribution in [0.1, 0.15) is 29.3 Å². The lowest BCUT2D eigenvalue weighted by atomic mass is 9.96. The van der Waals surface area contributed by atoms with Crippen LogP contribution >= 0.6 is 11.3 Å². The predicted octanol–water partition coefficient (Wildman–Crippen LogP) is 3.89. The molecule has 0 saturated heterocycles. The second-order valence-electron chi connectivity index (χ2n) is 10.5. The minimum atomic E-state index is -4.94. The second kappa shape index (κ2) is 16.4. The Balaban J connectivity index is 2.19. The van der Waals surface area contributed by atoms with Crippen molar-refractivity contribution in [2.75, 3.05) is 43.8 Å². The van der Waals surface area contributed by atoms with Crippen LogP contribution in [0.15, 0.2) is 76.8 Å². The summed E-state index contributed by atoms with van der Waals surface area (Å²) in [7, 11) is -7.06. The molecule has 2 heterocycles. The summed E-state index contributed by atoms with van der Waals surface area (Å²) >= 11 is 1.35. The lowest BCUT2D eigenvalue weighted by Crippen LogP contribution is -2.28. The summed E-state index contributed by atoms with van der Waals surface area (Å²) in [6.07, 6.45) is 1.83. The van der Waals surface area contributed by atoms with Crippen LogP contribution in [0.5, 0.6) is 5.75 Å². The number of aliphatic hydroxyl groups is 1. The molecule has 0 bridgehead atoms. The van der Waals surface area contributed by atoms with Gasteiger partial charge in [0.1, 0.15) is 19.0 Å². The fourth-order valence-corrected chi connectivity index (χ4v) is 5.91. The van der Waals surface area contributed by atoms with E-state index in [2.05, 4.69) is 4.74 Å². The van der Waals surface area contributed by atoms with Crippen molar-refractivity contribution in [3.05, 3.63) is 87.3 Å². The summed E-state index contributed by atoms with van der Waals surface area (Å²) in [5.74, 6) is -3.68. The maximum Gasteiger partial charge on any atom is 0.573 e. The normalized spacial score (nSPS) is 15.9. The number of esters is 2. The van der Waals surface area contributed by atoms with Crippen molar-refractivity contribution in [3.63, 3.8) is 0 Å². The molecule has 258 valence electrons. The molecule has 0 saturated carbocycles. The molecule has 1 unspecified atom stereocenters. The first-order valence-corrected chi connectivity index (χ1v) is 19.0. The molecule has 0 aliphatic carbocycles. The van der Waals surface area contributed by atoms with Gasteiger partial charge in [-0.1, -0.05) is 24.3 Å². The van der Waals surface area contributed by atoms with E-state index in [9.17, 15) is 44.7 Å². The summed E-state index contributed by atoms with van der Waals surface area (Å²) in [6, 6.07) is 8.13. The summed E-state index contributed by atoms with van der Waals surface area (Å²) in [6.45, 7) is -1.41. The summed E-state index contributed by atoms with van der Waals surface area (Å²) < 4.78 is 100. The van der Waals surface area contributed by atoms with Crippen LogP contribution in [0, 0.1) is 0 Å². The molecule has 1 atom stereocenters. The van der Waals surface area contributed by atoms with E-state index in [1.165, 1.54) is 41.8 Å². The van der Waals surface area contributed by atoms with Crippen molar-refractivity contribution < 1.29 is 58.9 Å². The molecule has 1 aliphatic heterocycles. The number of hydrogen-bond acceptors (Lipinski definition) is 12. The molecule has 1 aromatic carbocycles. The molecule has 1 aliphatic rings. The van der Waals surface area contributed by atoms with E-state index >= 15 is 0 Å². The highest BCUT2D eigenvalue weighted by atomic mass is 32.2. The number of benzene rings is 1. The number of alkyl halides is 3. The lowest BCUT2D eigenvalue weighted by molar-refractivity contribution is -0.274. The van der Waals surface area contributed by atoms with E-state index in [1.807, 2.05) is 0 Å². The van der Waals surface area contributed by atoms with Crippen LogP contribution in [0.3, 0.4) is 0 Å². The van der Waals surface area contributed by atoms with Gasteiger partial charge in [-0.05, 0) is 53.6 Å². The quantitative estimate of drug-likeness (QED) is 0.267. The molecule has 2 aromatic rings. The van der Waals surface area contributed by atoms with E-state index in [1.54, 1.807) is 28.5 Å². The molecule has 1 aromatic heterocycles. The molecule has 3 rings (SSSR count). The van der Waals surface area contributed by atoms with Gasteiger partial charge < -0.3 is 24.2 Å². The Hall–Kier alpha value is -3.67. The molecule has 17 heteroatoms. The average molecular weight is 722 g/mol. The zero-order chi connectivity index (χ0) is 34.8. The van der Waals surface area contributed by atoms with Crippen molar-refractivity contribution in [3.8, 4) is 5.75 Å². The third kappa shape index (κ3) is 13.2. The Labute approximate surface area is 274 Å². The maximum absolute atomic E-state index is 13.6. The Kier molecular flexibility index (Phi) is 13.2. The third-order valence-corrected chi connectivity index (χ3v) is 9.17. The molecule has 47 heavy (non-hydrogen) atoms. The number of carbonyl (C=O) groups is 2. The highest BCUT2D eigenvalue weighted by molar-refractivity contribution is 7.90. The number of nitrogens with zero attached hydrogens (tertiary/aromatic N) is 1. The SMILES string of the molecule is CS(=O)(=O)CCOC(=O)C1=CC(CCCO)=CC(c2cccs2)N(Cc2cccc(OC(F)(F)F)c2)C=C1C(=O)OCCS(C)(=O)=O. The number of sulfone groups is 2. The van der Waals surface area contributed by atoms with Gasteiger partial charge in [0.2, 0.25) is 0 Å². The predicted molar refractivity (Wildman–Crippen MR) is 168 cm³/mol. The molecule has 0 spiro atoms. The zero-order valence-corrected chi connectivity index (χ0v) is 27.9. The number of rotatable bonds is 15. The van der Waals surface area contributed by atoms with E-state index < -0.39 is 74.5 Å². The number of allylic oxidation sites excluding steroid dienone is 2. The van der Waals surface area contributed by atoms with Crippen LogP contribution in [0.2, 0.25) is 0 Å². The van der Waals surface area contributed by atoms with Gasteiger partial charge in [-0.25, -0.2) is 26.4 Å². The maximum atomic E-state index is 13.6. The van der Waals surface area contributed by atoms with E-state index in [0.717, 1.165) is 23.5 Å². The fourth-order valence-electron chi connectivity index (χ4n) is 4.32. The topological polar surface area (TPSA) is 154 Å². The first-order chi connectivity index (χ1) is 21.9. The summed E-state index contributed by atoms with van der Waals surface area (Å²) in [5.41, 5.74) is 0.0974. The Morgan fingerprint density at radius 1 is 0.957 bits per heavy atom. The van der Waals surface area contributed by atoms with Crippen molar-refractivity contribution in [2.45, 2.75) is 31.8 Å². The molecule has 0 fully saturated rings. The molecule has 11 nitrogen and oxygen atoms in total. The zero-order valence-electron chi connectivity index (χ0n) is 25.4. The lowest BCUT2D eigenvalue weighted by Gasteiger charge is -2.31. The average Bonchev–Trinajstić information content (AvgIpc) is 3.46. The Bertz CT molecular complexity index is 1710. The van der Waals surface area contributed by atoms with E-state index in [-0.39, 0.29) is 37.1 Å². The number of ether oxygens (including phenoxy) is 3. The number of thiophene rings is 1. The monoisotopic (exact) mass is 721 g/mol. The first kappa shape index (κ1) is 37.8. The third-order valence-electron chi connectivity index (χ3n) is 6.41. The molecular weight excluding hydrogens is 688 g/mol. The highest BCUT2D eigenvalue weighted by Crippen LogP contribution is 2.35. The van der Waals surface area contributed by atoms with Crippen LogP contribution in [-0.2, 0) is 45.3 Å². The molecule has 0 amide bonds. The minimum absolute atomic E-state index is 0.113. The Morgan fingerprint density at radius 3 is 2.15 bits per heavy atom.